The van der Waals surface area contributed by atoms with E-state index in [1.807, 2.05) is 24.3 Å². The molecule has 21 heavy (non-hydrogen) atoms. The first-order valence-corrected chi connectivity index (χ1v) is 7.33. The summed E-state index contributed by atoms with van der Waals surface area (Å²) in [5.41, 5.74) is 1.14. The topological polar surface area (TPSA) is 50.4 Å². The van der Waals surface area contributed by atoms with Crippen molar-refractivity contribution in [2.24, 2.45) is 0 Å². The molecule has 2 unspecified atom stereocenters. The number of hydrogen-bond donors (Lipinski definition) is 2. The number of hydrogen-bond acceptors (Lipinski definition) is 3. The zero-order valence-electron chi connectivity index (χ0n) is 12.7. The van der Waals surface area contributed by atoms with Crippen molar-refractivity contribution in [2.45, 2.75) is 38.1 Å². The minimum Gasteiger partial charge on any atom is -0.497 e. The van der Waals surface area contributed by atoms with E-state index >= 15 is 0 Å². The number of carbonyl (C=O) groups is 1. The fourth-order valence-corrected chi connectivity index (χ4v) is 2.58. The van der Waals surface area contributed by atoms with Crippen molar-refractivity contribution >= 4 is 18.3 Å². The molecule has 0 spiro atoms. The first-order chi connectivity index (χ1) is 9.69. The summed E-state index contributed by atoms with van der Waals surface area (Å²) in [6.07, 6.45) is 2.88. The molecule has 2 atom stereocenters. The van der Waals surface area contributed by atoms with Crippen LogP contribution in [-0.4, -0.2) is 32.1 Å². The highest BCUT2D eigenvalue weighted by Crippen LogP contribution is 2.23. The van der Waals surface area contributed by atoms with Gasteiger partial charge in [0, 0.05) is 19.0 Å². The molecule has 0 aliphatic carbocycles. The Balaban J connectivity index is 0.00000220. The smallest absolute Gasteiger partial charge is 0.220 e. The van der Waals surface area contributed by atoms with Gasteiger partial charge in [0.25, 0.3) is 0 Å². The SMILES string of the molecule is COc1cccc(C(C)CC(=O)NCC2CCCN2)c1.Cl. The van der Waals surface area contributed by atoms with Crippen molar-refractivity contribution in [3.8, 4) is 5.75 Å². The Kier molecular flexibility index (Phi) is 7.54. The summed E-state index contributed by atoms with van der Waals surface area (Å²) in [4.78, 5) is 12.0. The number of amides is 1. The van der Waals surface area contributed by atoms with E-state index in [0.717, 1.165) is 30.8 Å². The number of nitrogens with one attached hydrogen (secondary N) is 2. The monoisotopic (exact) mass is 312 g/mol. The maximum absolute atomic E-state index is 12.0. The van der Waals surface area contributed by atoms with Crippen LogP contribution in [0.2, 0.25) is 0 Å². The lowest BCUT2D eigenvalue weighted by molar-refractivity contribution is -0.121. The number of halogens is 1. The molecular formula is C16H25ClN2O2. The molecule has 1 heterocycles. The van der Waals surface area contributed by atoms with Gasteiger partial charge in [0.05, 0.1) is 7.11 Å². The van der Waals surface area contributed by atoms with Gasteiger partial charge in [0.1, 0.15) is 5.75 Å². The summed E-state index contributed by atoms with van der Waals surface area (Å²) in [6.45, 7) is 3.88. The third-order valence-corrected chi connectivity index (χ3v) is 3.86. The van der Waals surface area contributed by atoms with E-state index in [9.17, 15) is 4.79 Å². The highest BCUT2D eigenvalue weighted by Gasteiger charge is 2.16. The predicted octanol–water partition coefficient (Wildman–Crippen LogP) is 2.48. The van der Waals surface area contributed by atoms with Crippen LogP contribution in [0.5, 0.6) is 5.75 Å². The van der Waals surface area contributed by atoms with E-state index < -0.39 is 0 Å². The van der Waals surface area contributed by atoms with Gasteiger partial charge >= 0.3 is 0 Å². The zero-order chi connectivity index (χ0) is 14.4. The fraction of sp³-hybridized carbons (Fsp3) is 0.562. The molecule has 1 fully saturated rings. The Morgan fingerprint density at radius 3 is 3.00 bits per heavy atom. The standard InChI is InChI=1S/C16H24N2O2.ClH/c1-12(13-5-3-7-15(10-13)20-2)9-16(19)18-11-14-6-4-8-17-14;/h3,5,7,10,12,14,17H,4,6,8-9,11H2,1-2H3,(H,18,19);1H. The van der Waals surface area contributed by atoms with E-state index in [1.54, 1.807) is 7.11 Å². The summed E-state index contributed by atoms with van der Waals surface area (Å²) in [5.74, 6) is 1.15. The van der Waals surface area contributed by atoms with Crippen molar-refractivity contribution < 1.29 is 9.53 Å². The molecule has 1 aliphatic heterocycles. The largest absolute Gasteiger partial charge is 0.497 e. The van der Waals surface area contributed by atoms with E-state index in [2.05, 4.69) is 17.6 Å². The third-order valence-electron chi connectivity index (χ3n) is 3.86. The van der Waals surface area contributed by atoms with Crippen LogP contribution < -0.4 is 15.4 Å². The van der Waals surface area contributed by atoms with Crippen LogP contribution in [0.4, 0.5) is 0 Å². The van der Waals surface area contributed by atoms with Gasteiger partial charge in [-0.05, 0) is 43.0 Å². The Morgan fingerprint density at radius 1 is 1.52 bits per heavy atom. The van der Waals surface area contributed by atoms with Crippen molar-refractivity contribution in [2.75, 3.05) is 20.2 Å². The molecule has 0 aromatic heterocycles. The molecule has 4 nitrogen and oxygen atoms in total. The lowest BCUT2D eigenvalue weighted by atomic mass is 9.97. The molecule has 1 saturated heterocycles. The molecule has 1 aliphatic rings. The second-order valence-electron chi connectivity index (χ2n) is 5.48. The van der Waals surface area contributed by atoms with E-state index in [0.29, 0.717) is 12.5 Å². The number of benzene rings is 1. The molecular weight excluding hydrogens is 288 g/mol. The van der Waals surface area contributed by atoms with Gasteiger partial charge in [-0.2, -0.15) is 0 Å². The average Bonchev–Trinajstić information content (AvgIpc) is 2.98. The molecule has 0 radical (unpaired) electrons. The Hall–Kier alpha value is -1.26. The number of ether oxygens (including phenoxy) is 1. The van der Waals surface area contributed by atoms with Gasteiger partial charge in [-0.15, -0.1) is 12.4 Å². The molecule has 5 heteroatoms. The summed E-state index contributed by atoms with van der Waals surface area (Å²) in [7, 11) is 1.66. The Bertz CT molecular complexity index is 448. The second kappa shape index (κ2) is 8.90. The molecule has 1 aromatic carbocycles. The van der Waals surface area contributed by atoms with Crippen LogP contribution in [0.1, 0.15) is 37.7 Å². The lowest BCUT2D eigenvalue weighted by Crippen LogP contribution is -2.37. The highest BCUT2D eigenvalue weighted by atomic mass is 35.5. The Morgan fingerprint density at radius 2 is 2.33 bits per heavy atom. The highest BCUT2D eigenvalue weighted by molar-refractivity contribution is 5.85. The quantitative estimate of drug-likeness (QED) is 0.848. The molecule has 0 bridgehead atoms. The van der Waals surface area contributed by atoms with Crippen molar-refractivity contribution in [1.29, 1.82) is 0 Å². The number of methoxy groups -OCH3 is 1. The van der Waals surface area contributed by atoms with Crippen LogP contribution in [0.3, 0.4) is 0 Å². The van der Waals surface area contributed by atoms with Gasteiger partial charge in [-0.1, -0.05) is 19.1 Å². The first-order valence-electron chi connectivity index (χ1n) is 7.33. The molecule has 1 aromatic rings. The van der Waals surface area contributed by atoms with E-state index in [1.165, 1.54) is 6.42 Å². The minimum atomic E-state index is 0. The normalized spacial score (nSPS) is 18.7. The van der Waals surface area contributed by atoms with Crippen molar-refractivity contribution in [3.63, 3.8) is 0 Å². The molecule has 1 amide bonds. The zero-order valence-corrected chi connectivity index (χ0v) is 13.5. The summed E-state index contributed by atoms with van der Waals surface area (Å²) in [5, 5.41) is 6.40. The van der Waals surface area contributed by atoms with Gasteiger partial charge in [0.15, 0.2) is 0 Å². The molecule has 118 valence electrons. The van der Waals surface area contributed by atoms with Crippen LogP contribution in [0.15, 0.2) is 24.3 Å². The molecule has 0 saturated carbocycles. The van der Waals surface area contributed by atoms with Crippen LogP contribution >= 0.6 is 12.4 Å². The van der Waals surface area contributed by atoms with E-state index in [4.69, 9.17) is 4.74 Å². The lowest BCUT2D eigenvalue weighted by Gasteiger charge is -2.15. The number of carbonyl (C=O) groups excluding carboxylic acids is 1. The summed E-state index contributed by atoms with van der Waals surface area (Å²) in [6, 6.07) is 8.37. The van der Waals surface area contributed by atoms with Crippen molar-refractivity contribution in [1.82, 2.24) is 10.6 Å². The Labute approximate surface area is 133 Å². The second-order valence-corrected chi connectivity index (χ2v) is 5.48. The summed E-state index contributed by atoms with van der Waals surface area (Å²) < 4.78 is 5.22. The van der Waals surface area contributed by atoms with Gasteiger partial charge in [-0.3, -0.25) is 4.79 Å². The maximum atomic E-state index is 12.0. The number of rotatable bonds is 6. The third kappa shape index (κ3) is 5.56. The van der Waals surface area contributed by atoms with Gasteiger partial charge in [0.2, 0.25) is 5.91 Å². The summed E-state index contributed by atoms with van der Waals surface area (Å²) >= 11 is 0. The van der Waals surface area contributed by atoms with Gasteiger partial charge in [-0.25, -0.2) is 0 Å². The maximum Gasteiger partial charge on any atom is 0.220 e. The van der Waals surface area contributed by atoms with Crippen molar-refractivity contribution in [3.05, 3.63) is 29.8 Å². The first kappa shape index (κ1) is 17.8. The fourth-order valence-electron chi connectivity index (χ4n) is 2.58. The molecule has 2 rings (SSSR count). The van der Waals surface area contributed by atoms with Crippen LogP contribution in [-0.2, 0) is 4.79 Å². The van der Waals surface area contributed by atoms with Crippen LogP contribution in [0, 0.1) is 0 Å². The average molecular weight is 313 g/mol. The van der Waals surface area contributed by atoms with Gasteiger partial charge < -0.3 is 15.4 Å². The predicted molar refractivity (Wildman–Crippen MR) is 87.3 cm³/mol. The minimum absolute atomic E-state index is 0. The molecule has 2 N–H and O–H groups in total. The van der Waals surface area contributed by atoms with E-state index in [-0.39, 0.29) is 24.2 Å². The van der Waals surface area contributed by atoms with Crippen LogP contribution in [0.25, 0.3) is 0 Å².